The molecule has 0 aliphatic carbocycles. The number of nitrogens with zero attached hydrogens (tertiary/aromatic N) is 1. The van der Waals surface area contributed by atoms with Gasteiger partial charge in [-0.05, 0) is 31.8 Å². The summed E-state index contributed by atoms with van der Waals surface area (Å²) in [6, 6.07) is 0.0728. The second kappa shape index (κ2) is 7.08. The van der Waals surface area contributed by atoms with Crippen LogP contribution in [0.3, 0.4) is 0 Å². The number of aromatic nitrogens is 1. The standard InChI is InChI=1S/C12H19N3O3S/c1-5-7(2)14-9(16)6-18-12(17)10-8(3)15-19-11(10)13-4/h7,13H,5-6H2,1-4H3,(H,14,16)/t7-/m0/s1. The molecule has 7 heteroatoms. The van der Waals surface area contributed by atoms with Crippen LogP contribution in [-0.2, 0) is 9.53 Å². The van der Waals surface area contributed by atoms with Crippen molar-refractivity contribution in [2.75, 3.05) is 19.0 Å². The minimum absolute atomic E-state index is 0.0728. The van der Waals surface area contributed by atoms with Crippen molar-refractivity contribution in [3.63, 3.8) is 0 Å². The number of rotatable bonds is 6. The number of carbonyl (C=O) groups excluding carboxylic acids is 2. The molecule has 0 aromatic carbocycles. The molecular weight excluding hydrogens is 266 g/mol. The zero-order valence-corrected chi connectivity index (χ0v) is 12.4. The lowest BCUT2D eigenvalue weighted by Crippen LogP contribution is -2.35. The molecule has 1 aromatic rings. The summed E-state index contributed by atoms with van der Waals surface area (Å²) >= 11 is 1.19. The predicted octanol–water partition coefficient (Wildman–Crippen LogP) is 1.56. The van der Waals surface area contributed by atoms with E-state index >= 15 is 0 Å². The number of ether oxygens (including phenoxy) is 1. The maximum Gasteiger partial charge on any atom is 0.343 e. The molecule has 0 saturated carbocycles. The van der Waals surface area contributed by atoms with E-state index in [1.54, 1.807) is 14.0 Å². The second-order valence-corrected chi connectivity index (χ2v) is 4.95. The Labute approximate surface area is 116 Å². The fraction of sp³-hybridized carbons (Fsp3) is 0.583. The SMILES string of the molecule is CC[C@H](C)NC(=O)COC(=O)c1c(C)nsc1NC. The molecule has 1 amide bonds. The average molecular weight is 285 g/mol. The van der Waals surface area contributed by atoms with E-state index in [1.165, 1.54) is 11.5 Å². The maximum atomic E-state index is 11.9. The summed E-state index contributed by atoms with van der Waals surface area (Å²) in [7, 11) is 1.71. The zero-order valence-electron chi connectivity index (χ0n) is 11.6. The van der Waals surface area contributed by atoms with E-state index in [0.717, 1.165) is 6.42 Å². The number of esters is 1. The van der Waals surface area contributed by atoms with Gasteiger partial charge in [0, 0.05) is 13.1 Å². The van der Waals surface area contributed by atoms with Crippen molar-refractivity contribution in [2.45, 2.75) is 33.2 Å². The highest BCUT2D eigenvalue weighted by Gasteiger charge is 2.20. The molecule has 0 saturated heterocycles. The van der Waals surface area contributed by atoms with Gasteiger partial charge in [-0.3, -0.25) is 4.79 Å². The Morgan fingerprint density at radius 1 is 1.47 bits per heavy atom. The van der Waals surface area contributed by atoms with Gasteiger partial charge < -0.3 is 15.4 Å². The topological polar surface area (TPSA) is 80.3 Å². The molecule has 0 aliphatic rings. The Bertz CT molecular complexity index is 459. The Balaban J connectivity index is 2.56. The number of carbonyl (C=O) groups is 2. The van der Waals surface area contributed by atoms with Gasteiger partial charge in [-0.25, -0.2) is 4.79 Å². The molecule has 19 heavy (non-hydrogen) atoms. The Morgan fingerprint density at radius 3 is 2.74 bits per heavy atom. The highest BCUT2D eigenvalue weighted by atomic mass is 32.1. The molecule has 1 aromatic heterocycles. The van der Waals surface area contributed by atoms with Crippen LogP contribution in [0.2, 0.25) is 0 Å². The van der Waals surface area contributed by atoms with E-state index in [9.17, 15) is 9.59 Å². The van der Waals surface area contributed by atoms with Crippen LogP contribution < -0.4 is 10.6 Å². The summed E-state index contributed by atoms with van der Waals surface area (Å²) in [5.74, 6) is -0.829. The summed E-state index contributed by atoms with van der Waals surface area (Å²) < 4.78 is 9.07. The number of hydrogen-bond acceptors (Lipinski definition) is 6. The van der Waals surface area contributed by atoms with Gasteiger partial charge in [0.25, 0.3) is 5.91 Å². The maximum absolute atomic E-state index is 11.9. The molecule has 0 aliphatic heterocycles. The summed E-state index contributed by atoms with van der Waals surface area (Å²) in [6.45, 7) is 5.32. The van der Waals surface area contributed by atoms with Gasteiger partial charge in [0.15, 0.2) is 6.61 Å². The van der Waals surface area contributed by atoms with E-state index in [0.29, 0.717) is 16.3 Å². The monoisotopic (exact) mass is 285 g/mol. The number of nitrogens with one attached hydrogen (secondary N) is 2. The molecule has 0 unspecified atom stereocenters. The summed E-state index contributed by atoms with van der Waals surface area (Å²) in [4.78, 5) is 23.4. The molecule has 106 valence electrons. The fourth-order valence-electron chi connectivity index (χ4n) is 1.40. The third-order valence-electron chi connectivity index (χ3n) is 2.65. The van der Waals surface area contributed by atoms with Crippen LogP contribution >= 0.6 is 11.5 Å². The first-order chi connectivity index (χ1) is 8.99. The number of hydrogen-bond donors (Lipinski definition) is 2. The zero-order chi connectivity index (χ0) is 14.4. The number of aryl methyl sites for hydroxylation is 1. The van der Waals surface area contributed by atoms with E-state index in [2.05, 4.69) is 15.0 Å². The Kier molecular flexibility index (Phi) is 5.75. The first kappa shape index (κ1) is 15.4. The molecule has 0 radical (unpaired) electrons. The van der Waals surface area contributed by atoms with Crippen molar-refractivity contribution in [3.05, 3.63) is 11.3 Å². The predicted molar refractivity (Wildman–Crippen MR) is 74.6 cm³/mol. The van der Waals surface area contributed by atoms with Crippen LogP contribution in [0.15, 0.2) is 0 Å². The van der Waals surface area contributed by atoms with Gasteiger partial charge in [0.1, 0.15) is 10.6 Å². The lowest BCUT2D eigenvalue weighted by molar-refractivity contribution is -0.124. The number of amides is 1. The van der Waals surface area contributed by atoms with Crippen molar-refractivity contribution >= 4 is 28.4 Å². The third kappa shape index (κ3) is 4.20. The van der Waals surface area contributed by atoms with Crippen molar-refractivity contribution in [1.29, 1.82) is 0 Å². The van der Waals surface area contributed by atoms with E-state index in [1.807, 2.05) is 13.8 Å². The van der Waals surface area contributed by atoms with Crippen molar-refractivity contribution < 1.29 is 14.3 Å². The highest BCUT2D eigenvalue weighted by Crippen LogP contribution is 2.24. The van der Waals surface area contributed by atoms with Crippen molar-refractivity contribution in [2.24, 2.45) is 0 Å². The molecule has 1 heterocycles. The van der Waals surface area contributed by atoms with Crippen LogP contribution in [0.4, 0.5) is 5.00 Å². The van der Waals surface area contributed by atoms with Gasteiger partial charge in [-0.2, -0.15) is 4.37 Å². The fourth-order valence-corrected chi connectivity index (χ4v) is 2.14. The molecule has 6 nitrogen and oxygen atoms in total. The first-order valence-electron chi connectivity index (χ1n) is 6.10. The largest absolute Gasteiger partial charge is 0.452 e. The Morgan fingerprint density at radius 2 is 2.16 bits per heavy atom. The normalized spacial score (nSPS) is 11.8. The second-order valence-electron chi connectivity index (χ2n) is 4.18. The van der Waals surface area contributed by atoms with Crippen LogP contribution in [0.5, 0.6) is 0 Å². The van der Waals surface area contributed by atoms with Gasteiger partial charge in [0.05, 0.1) is 5.69 Å². The minimum atomic E-state index is -0.532. The molecule has 0 spiro atoms. The highest BCUT2D eigenvalue weighted by molar-refractivity contribution is 7.10. The summed E-state index contributed by atoms with van der Waals surface area (Å²) in [5.41, 5.74) is 0.991. The van der Waals surface area contributed by atoms with E-state index in [4.69, 9.17) is 4.74 Å². The first-order valence-corrected chi connectivity index (χ1v) is 6.87. The van der Waals surface area contributed by atoms with Crippen LogP contribution in [0.1, 0.15) is 36.3 Å². The van der Waals surface area contributed by atoms with E-state index < -0.39 is 5.97 Å². The van der Waals surface area contributed by atoms with Crippen molar-refractivity contribution in [1.82, 2.24) is 9.69 Å². The molecule has 2 N–H and O–H groups in total. The van der Waals surface area contributed by atoms with E-state index in [-0.39, 0.29) is 18.6 Å². The summed E-state index contributed by atoms with van der Waals surface area (Å²) in [5, 5.41) is 6.25. The Hall–Kier alpha value is -1.63. The molecular formula is C12H19N3O3S. The number of anilines is 1. The quantitative estimate of drug-likeness (QED) is 0.775. The third-order valence-corrected chi connectivity index (χ3v) is 3.60. The molecule has 0 fully saturated rings. The van der Waals surface area contributed by atoms with Gasteiger partial charge >= 0.3 is 5.97 Å². The summed E-state index contributed by atoms with van der Waals surface area (Å²) in [6.07, 6.45) is 0.831. The smallest absolute Gasteiger partial charge is 0.343 e. The average Bonchev–Trinajstić information content (AvgIpc) is 2.76. The lowest BCUT2D eigenvalue weighted by atomic mass is 10.2. The molecule has 1 rings (SSSR count). The van der Waals surface area contributed by atoms with Crippen LogP contribution in [-0.4, -0.2) is 35.9 Å². The van der Waals surface area contributed by atoms with Crippen LogP contribution in [0, 0.1) is 6.92 Å². The van der Waals surface area contributed by atoms with Gasteiger partial charge in [-0.15, -0.1) is 0 Å². The molecule has 1 atom stereocenters. The molecule has 0 bridgehead atoms. The minimum Gasteiger partial charge on any atom is -0.452 e. The van der Waals surface area contributed by atoms with Crippen LogP contribution in [0.25, 0.3) is 0 Å². The van der Waals surface area contributed by atoms with Crippen molar-refractivity contribution in [3.8, 4) is 0 Å². The van der Waals surface area contributed by atoms with Gasteiger partial charge in [-0.1, -0.05) is 6.92 Å². The van der Waals surface area contributed by atoms with Gasteiger partial charge in [0.2, 0.25) is 0 Å². The lowest BCUT2D eigenvalue weighted by Gasteiger charge is -2.11.